The maximum Gasteiger partial charge on any atom is 0.242 e. The molecule has 1 aromatic carbocycles. The number of hydrogen-bond acceptors (Lipinski definition) is 4. The molecule has 2 atom stereocenters. The lowest BCUT2D eigenvalue weighted by Gasteiger charge is -2.14. The lowest BCUT2D eigenvalue weighted by Crippen LogP contribution is -2.36. The highest BCUT2D eigenvalue weighted by molar-refractivity contribution is 7.89. The molecule has 0 aliphatic rings. The van der Waals surface area contributed by atoms with Gasteiger partial charge in [0.2, 0.25) is 10.0 Å². The Balaban J connectivity index is 2.99. The van der Waals surface area contributed by atoms with Gasteiger partial charge in [0, 0.05) is 34.5 Å². The third-order valence-electron chi connectivity index (χ3n) is 2.09. The molecule has 2 unspecified atom stereocenters. The van der Waals surface area contributed by atoms with Crippen molar-refractivity contribution in [2.75, 3.05) is 17.7 Å². The fourth-order valence-corrected chi connectivity index (χ4v) is 4.11. The molecule has 3 N–H and O–H groups in total. The van der Waals surface area contributed by atoms with Crippen molar-refractivity contribution in [1.82, 2.24) is 4.72 Å². The van der Waals surface area contributed by atoms with Crippen LogP contribution in [0.3, 0.4) is 0 Å². The Labute approximate surface area is 114 Å². The minimum Gasteiger partial charge on any atom is -0.399 e. The first-order valence-corrected chi connectivity index (χ1v) is 8.68. The molecule has 0 heterocycles. The summed E-state index contributed by atoms with van der Waals surface area (Å²) in [5, 5.41) is 0.0986. The van der Waals surface area contributed by atoms with Crippen molar-refractivity contribution in [3.05, 3.63) is 23.2 Å². The van der Waals surface area contributed by atoms with Gasteiger partial charge in [0.1, 0.15) is 4.90 Å². The van der Waals surface area contributed by atoms with E-state index in [9.17, 15) is 12.6 Å². The van der Waals surface area contributed by atoms with Gasteiger partial charge >= 0.3 is 0 Å². The SMILES string of the molecule is CC(CS(C)=O)NS(=O)(=O)c1cc(N)ccc1Cl. The molecule has 0 saturated heterocycles. The van der Waals surface area contributed by atoms with Crippen molar-refractivity contribution in [2.45, 2.75) is 17.9 Å². The number of nitrogens with one attached hydrogen (secondary N) is 1. The number of halogens is 1. The van der Waals surface area contributed by atoms with E-state index in [4.69, 9.17) is 17.3 Å². The molecule has 0 aliphatic carbocycles. The normalized spacial score (nSPS) is 15.3. The Morgan fingerprint density at radius 3 is 2.67 bits per heavy atom. The fraction of sp³-hybridized carbons (Fsp3) is 0.400. The summed E-state index contributed by atoms with van der Waals surface area (Å²) >= 11 is 5.84. The van der Waals surface area contributed by atoms with E-state index in [2.05, 4.69) is 4.72 Å². The summed E-state index contributed by atoms with van der Waals surface area (Å²) in [6.07, 6.45) is 1.51. The second-order valence-corrected chi connectivity index (χ2v) is 7.52. The predicted octanol–water partition coefficient (Wildman–Crippen LogP) is 0.968. The van der Waals surface area contributed by atoms with Crippen molar-refractivity contribution in [1.29, 1.82) is 0 Å². The first-order chi connectivity index (χ1) is 8.22. The van der Waals surface area contributed by atoms with Gasteiger partial charge in [0.25, 0.3) is 0 Å². The highest BCUT2D eigenvalue weighted by atomic mass is 35.5. The van der Waals surface area contributed by atoms with E-state index in [1.165, 1.54) is 24.5 Å². The molecule has 0 aromatic heterocycles. The van der Waals surface area contributed by atoms with Gasteiger partial charge in [-0.05, 0) is 25.1 Å². The van der Waals surface area contributed by atoms with Gasteiger partial charge in [0.05, 0.1) is 5.02 Å². The average Bonchev–Trinajstić information content (AvgIpc) is 2.19. The summed E-state index contributed by atoms with van der Waals surface area (Å²) in [6.45, 7) is 1.64. The van der Waals surface area contributed by atoms with Gasteiger partial charge in [-0.25, -0.2) is 13.1 Å². The maximum absolute atomic E-state index is 12.0. The zero-order valence-corrected chi connectivity index (χ0v) is 12.4. The van der Waals surface area contributed by atoms with Gasteiger partial charge in [-0.3, -0.25) is 4.21 Å². The monoisotopic (exact) mass is 310 g/mol. The van der Waals surface area contributed by atoms with Crippen molar-refractivity contribution in [2.24, 2.45) is 0 Å². The van der Waals surface area contributed by atoms with E-state index in [0.29, 0.717) is 5.69 Å². The van der Waals surface area contributed by atoms with Crippen LogP contribution in [0.2, 0.25) is 5.02 Å². The standard InChI is InChI=1S/C10H15ClN2O3S2/c1-7(6-17(2)14)13-18(15,16)10-5-8(12)3-4-9(10)11/h3-5,7,13H,6,12H2,1-2H3. The lowest BCUT2D eigenvalue weighted by atomic mass is 10.3. The predicted molar refractivity (Wildman–Crippen MR) is 74.6 cm³/mol. The second kappa shape index (κ2) is 6.01. The molecule has 0 spiro atoms. The van der Waals surface area contributed by atoms with Gasteiger partial charge in [-0.1, -0.05) is 11.6 Å². The van der Waals surface area contributed by atoms with Crippen LogP contribution in [0.4, 0.5) is 5.69 Å². The van der Waals surface area contributed by atoms with Gasteiger partial charge < -0.3 is 5.73 Å². The molecule has 18 heavy (non-hydrogen) atoms. The Morgan fingerprint density at radius 1 is 1.50 bits per heavy atom. The molecule has 0 saturated carbocycles. The number of anilines is 1. The minimum atomic E-state index is -3.75. The van der Waals surface area contributed by atoms with Crippen LogP contribution in [-0.4, -0.2) is 30.7 Å². The molecule has 5 nitrogen and oxygen atoms in total. The van der Waals surface area contributed by atoms with E-state index < -0.39 is 26.9 Å². The molecule has 0 amide bonds. The van der Waals surface area contributed by atoms with E-state index in [0.717, 1.165) is 0 Å². The first-order valence-electron chi connectivity index (χ1n) is 5.10. The highest BCUT2D eigenvalue weighted by Crippen LogP contribution is 2.23. The third-order valence-corrected chi connectivity index (χ3v) is 5.13. The number of hydrogen-bond donors (Lipinski definition) is 2. The summed E-state index contributed by atoms with van der Waals surface area (Å²) in [4.78, 5) is -0.0714. The van der Waals surface area contributed by atoms with Crippen molar-refractivity contribution in [3.8, 4) is 0 Å². The van der Waals surface area contributed by atoms with E-state index in [1.807, 2.05) is 0 Å². The Hall–Kier alpha value is -0.630. The first kappa shape index (κ1) is 15.4. The van der Waals surface area contributed by atoms with Crippen molar-refractivity contribution in [3.63, 3.8) is 0 Å². The topological polar surface area (TPSA) is 89.3 Å². The van der Waals surface area contributed by atoms with Crippen molar-refractivity contribution >= 4 is 38.1 Å². The Kier molecular flexibility index (Phi) is 5.15. The van der Waals surface area contributed by atoms with Crippen LogP contribution in [0, 0.1) is 0 Å². The lowest BCUT2D eigenvalue weighted by molar-refractivity contribution is 0.570. The smallest absolute Gasteiger partial charge is 0.242 e. The Morgan fingerprint density at radius 2 is 2.11 bits per heavy atom. The summed E-state index contributed by atoms with van der Waals surface area (Å²) in [7, 11) is -4.84. The molecular formula is C10H15ClN2O3S2. The zero-order valence-electron chi connectivity index (χ0n) is 10.0. The molecule has 8 heteroatoms. The minimum absolute atomic E-state index is 0.0714. The number of nitrogens with two attached hydrogens (primary N) is 1. The van der Waals surface area contributed by atoms with Crippen LogP contribution in [0.5, 0.6) is 0 Å². The highest BCUT2D eigenvalue weighted by Gasteiger charge is 2.21. The molecule has 0 aliphatic heterocycles. The van der Waals surface area contributed by atoms with E-state index in [1.54, 1.807) is 6.92 Å². The molecular weight excluding hydrogens is 296 g/mol. The van der Waals surface area contributed by atoms with Crippen LogP contribution in [-0.2, 0) is 20.8 Å². The Bertz CT molecular complexity index is 560. The van der Waals surface area contributed by atoms with Crippen LogP contribution in [0.1, 0.15) is 6.92 Å². The number of rotatable bonds is 5. The van der Waals surface area contributed by atoms with Crippen LogP contribution in [0.15, 0.2) is 23.1 Å². The van der Waals surface area contributed by atoms with Crippen molar-refractivity contribution < 1.29 is 12.6 Å². The van der Waals surface area contributed by atoms with Gasteiger partial charge in [0.15, 0.2) is 0 Å². The van der Waals surface area contributed by atoms with E-state index in [-0.39, 0.29) is 15.7 Å². The quantitative estimate of drug-likeness (QED) is 0.793. The molecule has 0 bridgehead atoms. The zero-order chi connectivity index (χ0) is 13.9. The van der Waals surface area contributed by atoms with Crippen LogP contribution < -0.4 is 10.5 Å². The molecule has 1 rings (SSSR count). The van der Waals surface area contributed by atoms with Gasteiger partial charge in [-0.2, -0.15) is 0 Å². The second-order valence-electron chi connectivity index (χ2n) is 3.95. The van der Waals surface area contributed by atoms with E-state index >= 15 is 0 Å². The number of benzene rings is 1. The summed E-state index contributed by atoms with van der Waals surface area (Å²) in [5.74, 6) is 0.235. The number of sulfonamides is 1. The molecule has 0 radical (unpaired) electrons. The molecule has 0 fully saturated rings. The summed E-state index contributed by atoms with van der Waals surface area (Å²) in [5.41, 5.74) is 5.85. The fourth-order valence-electron chi connectivity index (χ4n) is 1.44. The maximum atomic E-state index is 12.0. The van der Waals surface area contributed by atoms with Gasteiger partial charge in [-0.15, -0.1) is 0 Å². The average molecular weight is 311 g/mol. The van der Waals surface area contributed by atoms with Crippen LogP contribution >= 0.6 is 11.6 Å². The summed E-state index contributed by atoms with van der Waals surface area (Å²) < 4.78 is 37.5. The third kappa shape index (κ3) is 4.24. The largest absolute Gasteiger partial charge is 0.399 e. The number of nitrogen functional groups attached to an aromatic ring is 1. The molecule has 1 aromatic rings. The summed E-state index contributed by atoms with van der Waals surface area (Å²) in [6, 6.07) is 3.79. The van der Waals surface area contributed by atoms with Crippen LogP contribution in [0.25, 0.3) is 0 Å². The molecule has 102 valence electrons.